The van der Waals surface area contributed by atoms with Crippen molar-refractivity contribution < 1.29 is 9.32 Å². The third-order valence-electron chi connectivity index (χ3n) is 3.78. The van der Waals surface area contributed by atoms with Gasteiger partial charge in [0.15, 0.2) is 0 Å². The van der Waals surface area contributed by atoms with Gasteiger partial charge in [0.05, 0.1) is 0 Å². The lowest BCUT2D eigenvalue weighted by Crippen LogP contribution is -2.27. The molecule has 0 spiro atoms. The van der Waals surface area contributed by atoms with Gasteiger partial charge in [-0.2, -0.15) is 0 Å². The Labute approximate surface area is 145 Å². The molecule has 0 unspecified atom stereocenters. The van der Waals surface area contributed by atoms with Crippen LogP contribution in [0.4, 0.5) is 0 Å². The minimum atomic E-state index is -0.132. The first-order chi connectivity index (χ1) is 11.6. The molecule has 24 heavy (non-hydrogen) atoms. The van der Waals surface area contributed by atoms with Crippen LogP contribution in [0.2, 0.25) is 5.02 Å². The largest absolute Gasteiger partial charge is 0.360 e. The Kier molecular flexibility index (Phi) is 4.67. The summed E-state index contributed by atoms with van der Waals surface area (Å²) >= 11 is 6.01. The summed E-state index contributed by atoms with van der Waals surface area (Å²) in [6.45, 7) is 2.21. The van der Waals surface area contributed by atoms with Gasteiger partial charge in [-0.1, -0.05) is 59.2 Å². The second-order valence-corrected chi connectivity index (χ2v) is 6.06. The van der Waals surface area contributed by atoms with Gasteiger partial charge in [0.1, 0.15) is 17.0 Å². The van der Waals surface area contributed by atoms with Crippen molar-refractivity contribution in [1.82, 2.24) is 10.1 Å². The fourth-order valence-electron chi connectivity index (χ4n) is 2.59. The van der Waals surface area contributed by atoms with Crippen LogP contribution in [0.3, 0.4) is 0 Å². The first kappa shape index (κ1) is 16.3. The van der Waals surface area contributed by atoms with Crippen molar-refractivity contribution in [2.24, 2.45) is 0 Å². The number of benzene rings is 2. The summed E-state index contributed by atoms with van der Waals surface area (Å²) in [6, 6.07) is 17.0. The van der Waals surface area contributed by atoms with Crippen molar-refractivity contribution in [1.29, 1.82) is 0 Å². The van der Waals surface area contributed by atoms with Gasteiger partial charge in [-0.25, -0.2) is 0 Å². The van der Waals surface area contributed by atoms with Crippen molar-refractivity contribution in [3.63, 3.8) is 0 Å². The van der Waals surface area contributed by atoms with Crippen LogP contribution in [-0.4, -0.2) is 23.0 Å². The summed E-state index contributed by atoms with van der Waals surface area (Å²) in [5, 5.41) is 4.72. The second kappa shape index (κ2) is 6.89. The van der Waals surface area contributed by atoms with E-state index in [4.69, 9.17) is 16.1 Å². The number of aryl methyl sites for hydroxylation is 1. The zero-order valence-electron chi connectivity index (χ0n) is 13.5. The topological polar surface area (TPSA) is 46.3 Å². The van der Waals surface area contributed by atoms with Gasteiger partial charge >= 0.3 is 0 Å². The van der Waals surface area contributed by atoms with Crippen LogP contribution in [0.15, 0.2) is 59.1 Å². The van der Waals surface area contributed by atoms with E-state index >= 15 is 0 Å². The fourth-order valence-corrected chi connectivity index (χ4v) is 2.80. The van der Waals surface area contributed by atoms with Gasteiger partial charge in [-0.05, 0) is 24.6 Å². The van der Waals surface area contributed by atoms with Crippen molar-refractivity contribution in [2.75, 3.05) is 7.05 Å². The zero-order chi connectivity index (χ0) is 17.1. The lowest BCUT2D eigenvalue weighted by Gasteiger charge is -2.17. The Balaban J connectivity index is 1.89. The number of carbonyl (C=O) groups excluding carboxylic acids is 1. The van der Waals surface area contributed by atoms with Crippen molar-refractivity contribution in [3.05, 3.63) is 76.5 Å². The normalized spacial score (nSPS) is 10.6. The predicted octanol–water partition coefficient (Wildman–Crippen LogP) is 4.58. The van der Waals surface area contributed by atoms with E-state index in [-0.39, 0.29) is 5.91 Å². The molecule has 0 aliphatic carbocycles. The molecule has 2 aromatic carbocycles. The summed E-state index contributed by atoms with van der Waals surface area (Å²) in [6.07, 6.45) is 0. The Hall–Kier alpha value is -2.59. The van der Waals surface area contributed by atoms with E-state index in [1.54, 1.807) is 18.9 Å². The Morgan fingerprint density at radius 3 is 2.62 bits per heavy atom. The van der Waals surface area contributed by atoms with Gasteiger partial charge in [0, 0.05) is 24.2 Å². The lowest BCUT2D eigenvalue weighted by atomic mass is 10.1. The molecule has 0 saturated carbocycles. The average Bonchev–Trinajstić information content (AvgIpc) is 2.96. The van der Waals surface area contributed by atoms with E-state index in [0.29, 0.717) is 28.6 Å². The highest BCUT2D eigenvalue weighted by Gasteiger charge is 2.24. The number of nitrogens with zero attached hydrogens (tertiary/aromatic N) is 2. The number of rotatable bonds is 4. The zero-order valence-corrected chi connectivity index (χ0v) is 14.2. The molecule has 3 rings (SSSR count). The van der Waals surface area contributed by atoms with E-state index in [9.17, 15) is 4.79 Å². The van der Waals surface area contributed by atoms with E-state index in [2.05, 4.69) is 5.16 Å². The van der Waals surface area contributed by atoms with E-state index in [1.165, 1.54) is 0 Å². The number of halogens is 1. The maximum absolute atomic E-state index is 12.9. The first-order valence-corrected chi connectivity index (χ1v) is 7.95. The van der Waals surface area contributed by atoms with Crippen LogP contribution < -0.4 is 0 Å². The van der Waals surface area contributed by atoms with Crippen molar-refractivity contribution >= 4 is 17.5 Å². The Morgan fingerprint density at radius 2 is 1.92 bits per heavy atom. The van der Waals surface area contributed by atoms with Gasteiger partial charge in [0.25, 0.3) is 5.91 Å². The Bertz CT molecular complexity index is 859. The van der Waals surface area contributed by atoms with E-state index in [0.717, 1.165) is 11.1 Å². The summed E-state index contributed by atoms with van der Waals surface area (Å²) in [5.74, 6) is 0.379. The lowest BCUT2D eigenvalue weighted by molar-refractivity contribution is 0.0784. The molecule has 1 aromatic heterocycles. The molecule has 0 N–H and O–H groups in total. The third kappa shape index (κ3) is 3.34. The highest BCUT2D eigenvalue weighted by Crippen LogP contribution is 2.26. The summed E-state index contributed by atoms with van der Waals surface area (Å²) < 4.78 is 5.27. The van der Waals surface area contributed by atoms with E-state index < -0.39 is 0 Å². The number of hydrogen-bond acceptors (Lipinski definition) is 3. The monoisotopic (exact) mass is 340 g/mol. The van der Waals surface area contributed by atoms with Crippen molar-refractivity contribution in [3.8, 4) is 11.3 Å². The SMILES string of the molecule is Cc1onc(-c2ccccc2)c1C(=O)N(C)Cc1cccc(Cl)c1. The molecule has 5 heteroatoms. The number of amides is 1. The number of aromatic nitrogens is 1. The molecule has 0 saturated heterocycles. The van der Waals surface area contributed by atoms with Crippen LogP contribution >= 0.6 is 11.6 Å². The fraction of sp³-hybridized carbons (Fsp3) is 0.158. The maximum atomic E-state index is 12.9. The molecule has 0 bridgehead atoms. The third-order valence-corrected chi connectivity index (χ3v) is 4.01. The standard InChI is InChI=1S/C19H17ClN2O2/c1-13-17(18(21-24-13)15-8-4-3-5-9-15)19(23)22(2)12-14-7-6-10-16(20)11-14/h3-11H,12H2,1-2H3. The molecule has 1 heterocycles. The molecule has 3 aromatic rings. The van der Waals surface area contributed by atoms with Gasteiger partial charge in [-0.15, -0.1) is 0 Å². The molecular formula is C19H17ClN2O2. The minimum absolute atomic E-state index is 0.132. The van der Waals surface area contributed by atoms with Gasteiger partial charge in [0.2, 0.25) is 0 Å². The summed E-state index contributed by atoms with van der Waals surface area (Å²) in [5.41, 5.74) is 2.88. The second-order valence-electron chi connectivity index (χ2n) is 5.62. The van der Waals surface area contributed by atoms with E-state index in [1.807, 2.05) is 54.6 Å². The summed E-state index contributed by atoms with van der Waals surface area (Å²) in [4.78, 5) is 14.5. The maximum Gasteiger partial charge on any atom is 0.259 e. The number of carbonyl (C=O) groups is 1. The van der Waals surface area contributed by atoms with Crippen LogP contribution in [0, 0.1) is 6.92 Å². The molecule has 0 radical (unpaired) electrons. The first-order valence-electron chi connectivity index (χ1n) is 7.58. The predicted molar refractivity (Wildman–Crippen MR) is 93.9 cm³/mol. The van der Waals surface area contributed by atoms with Crippen molar-refractivity contribution in [2.45, 2.75) is 13.5 Å². The molecule has 0 atom stereocenters. The smallest absolute Gasteiger partial charge is 0.259 e. The average molecular weight is 341 g/mol. The quantitative estimate of drug-likeness (QED) is 0.698. The summed E-state index contributed by atoms with van der Waals surface area (Å²) in [7, 11) is 1.75. The molecule has 0 fully saturated rings. The molecule has 0 aliphatic heterocycles. The molecule has 0 aliphatic rings. The molecule has 1 amide bonds. The highest BCUT2D eigenvalue weighted by atomic mass is 35.5. The molecule has 122 valence electrons. The highest BCUT2D eigenvalue weighted by molar-refractivity contribution is 6.30. The molecule has 4 nitrogen and oxygen atoms in total. The van der Waals surface area contributed by atoms with Gasteiger partial charge < -0.3 is 9.42 Å². The molecular weight excluding hydrogens is 324 g/mol. The van der Waals surface area contributed by atoms with Crippen LogP contribution in [-0.2, 0) is 6.54 Å². The Morgan fingerprint density at radius 1 is 1.17 bits per heavy atom. The minimum Gasteiger partial charge on any atom is -0.360 e. The number of hydrogen-bond donors (Lipinski definition) is 0. The van der Waals surface area contributed by atoms with Crippen LogP contribution in [0.25, 0.3) is 11.3 Å². The van der Waals surface area contributed by atoms with Crippen LogP contribution in [0.5, 0.6) is 0 Å². The van der Waals surface area contributed by atoms with Gasteiger partial charge in [-0.3, -0.25) is 4.79 Å². The van der Waals surface area contributed by atoms with Crippen LogP contribution in [0.1, 0.15) is 21.7 Å².